The second kappa shape index (κ2) is 7.11. The van der Waals surface area contributed by atoms with Gasteiger partial charge in [-0.3, -0.25) is 4.90 Å². The normalized spacial score (nSPS) is 30.4. The van der Waals surface area contributed by atoms with E-state index >= 15 is 0 Å². The Morgan fingerprint density at radius 1 is 1.17 bits per heavy atom. The summed E-state index contributed by atoms with van der Waals surface area (Å²) in [5, 5.41) is 8.99. The van der Waals surface area contributed by atoms with Gasteiger partial charge >= 0.3 is 0 Å². The zero-order chi connectivity index (χ0) is 12.8. The van der Waals surface area contributed by atoms with E-state index in [-0.39, 0.29) is 0 Å². The highest BCUT2D eigenvalue weighted by Gasteiger charge is 2.30. The summed E-state index contributed by atoms with van der Waals surface area (Å²) >= 11 is 0. The van der Waals surface area contributed by atoms with E-state index in [0.29, 0.717) is 5.92 Å². The molecule has 3 heteroatoms. The van der Waals surface area contributed by atoms with Gasteiger partial charge in [-0.2, -0.15) is 5.26 Å². The minimum absolute atomic E-state index is 0.292. The molecule has 3 nitrogen and oxygen atoms in total. The summed E-state index contributed by atoms with van der Waals surface area (Å²) < 4.78 is 0. The van der Waals surface area contributed by atoms with Gasteiger partial charge in [0.15, 0.2) is 0 Å². The van der Waals surface area contributed by atoms with Crippen LogP contribution < -0.4 is 0 Å². The van der Waals surface area contributed by atoms with Gasteiger partial charge in [0.05, 0.1) is 12.0 Å². The standard InChI is InChI=1S/C15H27N3/c1-2-3-4-8-17-9-5-6-15(13-17)18-10-7-14(11-16)12-18/h14-15H,2-10,12-13H2,1H3. The number of piperidine rings is 1. The topological polar surface area (TPSA) is 30.3 Å². The number of hydrogen-bond acceptors (Lipinski definition) is 3. The van der Waals surface area contributed by atoms with Gasteiger partial charge in [-0.1, -0.05) is 19.8 Å². The van der Waals surface area contributed by atoms with Gasteiger partial charge < -0.3 is 4.90 Å². The number of likely N-dealkylation sites (tertiary alicyclic amines) is 2. The van der Waals surface area contributed by atoms with E-state index in [0.717, 1.165) is 25.6 Å². The predicted molar refractivity (Wildman–Crippen MR) is 74.3 cm³/mol. The van der Waals surface area contributed by atoms with Gasteiger partial charge in [0.2, 0.25) is 0 Å². The molecule has 2 atom stereocenters. The highest BCUT2D eigenvalue weighted by molar-refractivity contribution is 4.94. The van der Waals surface area contributed by atoms with Crippen molar-refractivity contribution in [3.8, 4) is 6.07 Å². The van der Waals surface area contributed by atoms with Crippen LogP contribution in [0.25, 0.3) is 0 Å². The summed E-state index contributed by atoms with van der Waals surface area (Å²) in [5.41, 5.74) is 0. The Kier molecular flexibility index (Phi) is 5.46. The average molecular weight is 249 g/mol. The Hall–Kier alpha value is -0.590. The summed E-state index contributed by atoms with van der Waals surface area (Å²) in [4.78, 5) is 5.21. The zero-order valence-corrected chi connectivity index (χ0v) is 11.8. The molecular formula is C15H27N3. The van der Waals surface area contributed by atoms with Crippen molar-refractivity contribution < 1.29 is 0 Å². The van der Waals surface area contributed by atoms with Crippen LogP contribution in [0.5, 0.6) is 0 Å². The van der Waals surface area contributed by atoms with Crippen molar-refractivity contribution >= 4 is 0 Å². The van der Waals surface area contributed by atoms with Gasteiger partial charge in [0.25, 0.3) is 0 Å². The Labute approximate surface area is 112 Å². The number of hydrogen-bond donors (Lipinski definition) is 0. The van der Waals surface area contributed by atoms with E-state index in [1.54, 1.807) is 0 Å². The Bertz CT molecular complexity index is 284. The summed E-state index contributed by atoms with van der Waals surface area (Å²) in [5.74, 6) is 0.292. The molecule has 18 heavy (non-hydrogen) atoms. The first-order valence-corrected chi connectivity index (χ1v) is 7.69. The highest BCUT2D eigenvalue weighted by Crippen LogP contribution is 2.23. The van der Waals surface area contributed by atoms with Crippen LogP contribution >= 0.6 is 0 Å². The predicted octanol–water partition coefficient (Wildman–Crippen LogP) is 2.49. The number of unbranched alkanes of at least 4 members (excludes halogenated alkanes) is 2. The molecule has 0 aromatic carbocycles. The lowest BCUT2D eigenvalue weighted by Gasteiger charge is -2.37. The first kappa shape index (κ1) is 13.8. The van der Waals surface area contributed by atoms with E-state index in [2.05, 4.69) is 22.8 Å². The summed E-state index contributed by atoms with van der Waals surface area (Å²) in [7, 11) is 0. The monoisotopic (exact) mass is 249 g/mol. The number of rotatable bonds is 5. The molecular weight excluding hydrogens is 222 g/mol. The maximum Gasteiger partial charge on any atom is 0.0669 e. The van der Waals surface area contributed by atoms with Crippen LogP contribution in [-0.2, 0) is 0 Å². The summed E-state index contributed by atoms with van der Waals surface area (Å²) in [6, 6.07) is 3.15. The van der Waals surface area contributed by atoms with Crippen molar-refractivity contribution in [2.24, 2.45) is 5.92 Å². The van der Waals surface area contributed by atoms with E-state index in [4.69, 9.17) is 5.26 Å². The van der Waals surface area contributed by atoms with Gasteiger partial charge in [-0.05, 0) is 45.3 Å². The lowest BCUT2D eigenvalue weighted by molar-refractivity contribution is 0.112. The van der Waals surface area contributed by atoms with Crippen molar-refractivity contribution in [3.63, 3.8) is 0 Å². The van der Waals surface area contributed by atoms with Gasteiger partial charge in [-0.15, -0.1) is 0 Å². The van der Waals surface area contributed by atoms with Crippen LogP contribution in [0.15, 0.2) is 0 Å². The molecule has 2 fully saturated rings. The van der Waals surface area contributed by atoms with E-state index < -0.39 is 0 Å². The maximum absolute atomic E-state index is 8.99. The largest absolute Gasteiger partial charge is 0.302 e. The molecule has 0 aromatic heterocycles. The Balaban J connectivity index is 1.75. The van der Waals surface area contributed by atoms with E-state index in [9.17, 15) is 0 Å². The maximum atomic E-state index is 8.99. The van der Waals surface area contributed by atoms with Gasteiger partial charge in [0, 0.05) is 19.1 Å². The van der Waals surface area contributed by atoms with Crippen molar-refractivity contribution in [2.75, 3.05) is 32.7 Å². The van der Waals surface area contributed by atoms with Crippen LogP contribution in [0, 0.1) is 17.2 Å². The zero-order valence-electron chi connectivity index (χ0n) is 11.8. The first-order chi connectivity index (χ1) is 8.83. The van der Waals surface area contributed by atoms with Gasteiger partial charge in [-0.25, -0.2) is 0 Å². The molecule has 0 aliphatic carbocycles. The molecule has 2 aliphatic heterocycles. The Morgan fingerprint density at radius 2 is 2.06 bits per heavy atom. The molecule has 2 heterocycles. The molecule has 2 aliphatic rings. The quantitative estimate of drug-likeness (QED) is 0.701. The molecule has 2 rings (SSSR count). The fraction of sp³-hybridized carbons (Fsp3) is 0.933. The van der Waals surface area contributed by atoms with E-state index in [1.807, 2.05) is 0 Å². The molecule has 102 valence electrons. The highest BCUT2D eigenvalue weighted by atomic mass is 15.2. The molecule has 2 saturated heterocycles. The molecule has 0 radical (unpaired) electrons. The van der Waals surface area contributed by atoms with Crippen LogP contribution in [0.1, 0.15) is 45.4 Å². The minimum Gasteiger partial charge on any atom is -0.302 e. The van der Waals surface area contributed by atoms with E-state index in [1.165, 1.54) is 51.7 Å². The van der Waals surface area contributed by atoms with Crippen LogP contribution in [-0.4, -0.2) is 48.6 Å². The van der Waals surface area contributed by atoms with Gasteiger partial charge in [0.1, 0.15) is 0 Å². The Morgan fingerprint density at radius 3 is 2.78 bits per heavy atom. The van der Waals surface area contributed by atoms with Crippen molar-refractivity contribution in [1.29, 1.82) is 5.26 Å². The SMILES string of the molecule is CCCCCN1CCCC(N2CCC(C#N)C2)C1. The molecule has 0 N–H and O–H groups in total. The molecule has 0 saturated carbocycles. The average Bonchev–Trinajstić information content (AvgIpc) is 2.88. The van der Waals surface area contributed by atoms with Crippen molar-refractivity contribution in [2.45, 2.75) is 51.5 Å². The molecule has 2 unspecified atom stereocenters. The number of nitrogens with zero attached hydrogens (tertiary/aromatic N) is 3. The van der Waals surface area contributed by atoms with Crippen molar-refractivity contribution in [3.05, 3.63) is 0 Å². The summed E-state index contributed by atoms with van der Waals surface area (Å²) in [6.45, 7) is 8.23. The molecule has 0 amide bonds. The minimum atomic E-state index is 0.292. The molecule has 0 bridgehead atoms. The second-order valence-corrected chi connectivity index (χ2v) is 5.91. The smallest absolute Gasteiger partial charge is 0.0669 e. The second-order valence-electron chi connectivity index (χ2n) is 5.91. The third kappa shape index (κ3) is 3.70. The number of nitriles is 1. The third-order valence-corrected chi connectivity index (χ3v) is 4.48. The summed E-state index contributed by atoms with van der Waals surface area (Å²) in [6.07, 6.45) is 7.79. The first-order valence-electron chi connectivity index (χ1n) is 7.69. The van der Waals surface area contributed by atoms with Crippen LogP contribution in [0.2, 0.25) is 0 Å². The fourth-order valence-corrected chi connectivity index (χ4v) is 3.34. The third-order valence-electron chi connectivity index (χ3n) is 4.48. The molecule has 0 aromatic rings. The van der Waals surface area contributed by atoms with Crippen LogP contribution in [0.3, 0.4) is 0 Å². The lowest BCUT2D eigenvalue weighted by Crippen LogP contribution is -2.47. The lowest BCUT2D eigenvalue weighted by atomic mass is 10.0. The molecule has 0 spiro atoms. The van der Waals surface area contributed by atoms with Crippen LogP contribution in [0.4, 0.5) is 0 Å². The fourth-order valence-electron chi connectivity index (χ4n) is 3.34. The van der Waals surface area contributed by atoms with Crippen molar-refractivity contribution in [1.82, 2.24) is 9.80 Å².